The van der Waals surface area contributed by atoms with Crippen LogP contribution < -0.4 is 5.73 Å². The van der Waals surface area contributed by atoms with Crippen LogP contribution in [0.2, 0.25) is 0 Å². The summed E-state index contributed by atoms with van der Waals surface area (Å²) in [5, 5.41) is 8.39. The van der Waals surface area contributed by atoms with E-state index in [2.05, 4.69) is 4.98 Å². The highest BCUT2D eigenvalue weighted by molar-refractivity contribution is 6.34. The van der Waals surface area contributed by atoms with Gasteiger partial charge in [-0.25, -0.2) is 4.79 Å². The van der Waals surface area contributed by atoms with Crippen LogP contribution in [0.5, 0.6) is 0 Å². The SMILES string of the molecule is N[C@H](Cc1ccncc1)C(=O)C(=O)O. The summed E-state index contributed by atoms with van der Waals surface area (Å²) in [6, 6.07) is 2.39. The lowest BCUT2D eigenvalue weighted by atomic mass is 10.0. The number of aliphatic carboxylic acids is 1. The summed E-state index contributed by atoms with van der Waals surface area (Å²) in [7, 11) is 0. The third kappa shape index (κ3) is 2.63. The number of aromatic nitrogens is 1. The van der Waals surface area contributed by atoms with Crippen molar-refractivity contribution in [2.75, 3.05) is 0 Å². The van der Waals surface area contributed by atoms with Crippen molar-refractivity contribution >= 4 is 11.8 Å². The summed E-state index contributed by atoms with van der Waals surface area (Å²) >= 11 is 0. The van der Waals surface area contributed by atoms with Crippen molar-refractivity contribution in [1.82, 2.24) is 4.98 Å². The zero-order valence-corrected chi connectivity index (χ0v) is 7.38. The van der Waals surface area contributed by atoms with Crippen LogP contribution in [-0.4, -0.2) is 27.9 Å². The minimum absolute atomic E-state index is 0.216. The molecule has 0 amide bonds. The van der Waals surface area contributed by atoms with Gasteiger partial charge in [0.1, 0.15) is 0 Å². The van der Waals surface area contributed by atoms with Crippen molar-refractivity contribution < 1.29 is 14.7 Å². The Kier molecular flexibility index (Phi) is 3.30. The summed E-state index contributed by atoms with van der Waals surface area (Å²) in [5.74, 6) is -2.46. The monoisotopic (exact) mass is 194 g/mol. The van der Waals surface area contributed by atoms with Gasteiger partial charge in [0.25, 0.3) is 5.78 Å². The third-order valence-corrected chi connectivity index (χ3v) is 1.75. The van der Waals surface area contributed by atoms with Crippen LogP contribution >= 0.6 is 0 Å². The lowest BCUT2D eigenvalue weighted by Crippen LogP contribution is -2.37. The van der Waals surface area contributed by atoms with Gasteiger partial charge >= 0.3 is 5.97 Å². The molecule has 74 valence electrons. The molecular formula is C9H10N2O3. The minimum Gasteiger partial charge on any atom is -0.475 e. The quantitative estimate of drug-likeness (QED) is 0.636. The van der Waals surface area contributed by atoms with Gasteiger partial charge in [-0.05, 0) is 24.1 Å². The molecule has 0 aliphatic rings. The fourth-order valence-corrected chi connectivity index (χ4v) is 1.02. The van der Waals surface area contributed by atoms with Gasteiger partial charge in [0.15, 0.2) is 0 Å². The van der Waals surface area contributed by atoms with E-state index in [0.717, 1.165) is 5.56 Å². The van der Waals surface area contributed by atoms with E-state index < -0.39 is 17.8 Å². The molecule has 5 heteroatoms. The Morgan fingerprint density at radius 1 is 1.43 bits per heavy atom. The molecule has 1 heterocycles. The van der Waals surface area contributed by atoms with Gasteiger partial charge in [-0.3, -0.25) is 9.78 Å². The van der Waals surface area contributed by atoms with Crippen LogP contribution in [-0.2, 0) is 16.0 Å². The molecule has 3 N–H and O–H groups in total. The molecule has 0 bridgehead atoms. The number of hydrogen-bond acceptors (Lipinski definition) is 4. The number of ketones is 1. The van der Waals surface area contributed by atoms with E-state index >= 15 is 0 Å². The second-order valence-corrected chi connectivity index (χ2v) is 2.84. The van der Waals surface area contributed by atoms with Gasteiger partial charge in [0.2, 0.25) is 0 Å². The average molecular weight is 194 g/mol. The molecular weight excluding hydrogens is 184 g/mol. The summed E-state index contributed by atoms with van der Waals surface area (Å²) in [5.41, 5.74) is 6.19. The minimum atomic E-state index is -1.49. The zero-order chi connectivity index (χ0) is 10.6. The van der Waals surface area contributed by atoms with E-state index in [9.17, 15) is 9.59 Å². The second-order valence-electron chi connectivity index (χ2n) is 2.84. The maximum absolute atomic E-state index is 10.9. The van der Waals surface area contributed by atoms with Gasteiger partial charge in [0, 0.05) is 12.4 Å². The number of nitrogens with two attached hydrogens (primary N) is 1. The van der Waals surface area contributed by atoms with Crippen LogP contribution in [0.25, 0.3) is 0 Å². The highest BCUT2D eigenvalue weighted by Gasteiger charge is 2.20. The Bertz CT molecular complexity index is 337. The van der Waals surface area contributed by atoms with E-state index in [1.165, 1.54) is 0 Å². The van der Waals surface area contributed by atoms with Crippen LogP contribution in [0, 0.1) is 0 Å². The molecule has 0 aliphatic carbocycles. The molecule has 1 rings (SSSR count). The van der Waals surface area contributed by atoms with Gasteiger partial charge in [-0.1, -0.05) is 0 Å². The van der Waals surface area contributed by atoms with E-state index in [1.807, 2.05) is 0 Å². The number of nitrogens with zero attached hydrogens (tertiary/aromatic N) is 1. The molecule has 0 saturated carbocycles. The predicted molar refractivity (Wildman–Crippen MR) is 48.6 cm³/mol. The van der Waals surface area contributed by atoms with E-state index in [0.29, 0.717) is 0 Å². The Morgan fingerprint density at radius 2 is 2.00 bits per heavy atom. The molecule has 0 aliphatic heterocycles. The molecule has 14 heavy (non-hydrogen) atoms. The van der Waals surface area contributed by atoms with Crippen molar-refractivity contribution in [3.05, 3.63) is 30.1 Å². The van der Waals surface area contributed by atoms with Gasteiger partial charge in [-0.15, -0.1) is 0 Å². The number of hydrogen-bond donors (Lipinski definition) is 2. The molecule has 5 nitrogen and oxygen atoms in total. The smallest absolute Gasteiger partial charge is 0.373 e. The number of rotatable bonds is 4. The van der Waals surface area contributed by atoms with E-state index in [-0.39, 0.29) is 6.42 Å². The first-order valence-electron chi connectivity index (χ1n) is 4.03. The maximum atomic E-state index is 10.9. The number of carboxylic acids is 1. The molecule has 1 aromatic heterocycles. The molecule has 0 radical (unpaired) electrons. The van der Waals surface area contributed by atoms with Crippen molar-refractivity contribution in [2.24, 2.45) is 5.73 Å². The summed E-state index contributed by atoms with van der Waals surface area (Å²) in [4.78, 5) is 25.0. The van der Waals surface area contributed by atoms with Gasteiger partial charge < -0.3 is 10.8 Å². The second kappa shape index (κ2) is 4.48. The fourth-order valence-electron chi connectivity index (χ4n) is 1.02. The highest BCUT2D eigenvalue weighted by atomic mass is 16.4. The molecule has 0 unspecified atom stereocenters. The van der Waals surface area contributed by atoms with Crippen LogP contribution in [0.3, 0.4) is 0 Å². The Balaban J connectivity index is 2.62. The lowest BCUT2D eigenvalue weighted by molar-refractivity contribution is -0.149. The first kappa shape index (κ1) is 10.3. The summed E-state index contributed by atoms with van der Waals surface area (Å²) < 4.78 is 0. The Morgan fingerprint density at radius 3 is 2.50 bits per heavy atom. The fraction of sp³-hybridized carbons (Fsp3) is 0.222. The van der Waals surface area contributed by atoms with Crippen molar-refractivity contribution in [3.63, 3.8) is 0 Å². The Hall–Kier alpha value is -1.75. The number of pyridine rings is 1. The average Bonchev–Trinajstić information content (AvgIpc) is 2.18. The normalized spacial score (nSPS) is 12.1. The molecule has 1 aromatic rings. The third-order valence-electron chi connectivity index (χ3n) is 1.75. The van der Waals surface area contributed by atoms with Crippen LogP contribution in [0.4, 0.5) is 0 Å². The number of carboxylic acid groups (broad SMARTS) is 1. The molecule has 0 saturated heterocycles. The van der Waals surface area contributed by atoms with Crippen molar-refractivity contribution in [1.29, 1.82) is 0 Å². The summed E-state index contributed by atoms with van der Waals surface area (Å²) in [6.45, 7) is 0. The van der Waals surface area contributed by atoms with Crippen LogP contribution in [0.15, 0.2) is 24.5 Å². The van der Waals surface area contributed by atoms with Crippen LogP contribution in [0.1, 0.15) is 5.56 Å². The Labute approximate surface area is 80.6 Å². The zero-order valence-electron chi connectivity index (χ0n) is 7.38. The number of carbonyl (C=O) groups is 2. The standard InChI is InChI=1S/C9H10N2O3/c10-7(8(12)9(13)14)5-6-1-3-11-4-2-6/h1-4,7H,5,10H2,(H,13,14)/t7-/m1/s1. The number of carbonyl (C=O) groups excluding carboxylic acids is 1. The lowest BCUT2D eigenvalue weighted by Gasteiger charge is -2.06. The van der Waals surface area contributed by atoms with Crippen molar-refractivity contribution in [3.8, 4) is 0 Å². The van der Waals surface area contributed by atoms with E-state index in [1.54, 1.807) is 24.5 Å². The molecule has 0 spiro atoms. The first-order chi connectivity index (χ1) is 6.61. The molecule has 1 atom stereocenters. The predicted octanol–water partition coefficient (Wildman–Crippen LogP) is -0.395. The largest absolute Gasteiger partial charge is 0.475 e. The number of Topliss-reactive ketones (excluding diaryl/α,β-unsaturated/α-hetero) is 1. The highest BCUT2D eigenvalue weighted by Crippen LogP contribution is 2.00. The molecule has 0 aromatic carbocycles. The first-order valence-corrected chi connectivity index (χ1v) is 4.03. The topological polar surface area (TPSA) is 93.3 Å². The molecule has 0 fully saturated rings. The van der Waals surface area contributed by atoms with Gasteiger partial charge in [-0.2, -0.15) is 0 Å². The van der Waals surface area contributed by atoms with Gasteiger partial charge in [0.05, 0.1) is 6.04 Å². The van der Waals surface area contributed by atoms with E-state index in [4.69, 9.17) is 10.8 Å². The maximum Gasteiger partial charge on any atom is 0.373 e. The van der Waals surface area contributed by atoms with Crippen molar-refractivity contribution in [2.45, 2.75) is 12.5 Å². The summed E-state index contributed by atoms with van der Waals surface area (Å²) in [6.07, 6.45) is 3.34.